The summed E-state index contributed by atoms with van der Waals surface area (Å²) in [7, 11) is 6.59. The van der Waals surface area contributed by atoms with Gasteiger partial charge in [0.2, 0.25) is 0 Å². The van der Waals surface area contributed by atoms with E-state index in [1.54, 1.807) is 0 Å². The second kappa shape index (κ2) is 4.64. The van der Waals surface area contributed by atoms with Gasteiger partial charge in [0.25, 0.3) is 0 Å². The van der Waals surface area contributed by atoms with Gasteiger partial charge in [0.05, 0.1) is 0 Å². The number of hydrogen-bond donors (Lipinski definition) is 0. The van der Waals surface area contributed by atoms with Gasteiger partial charge >= 0.3 is 0 Å². The summed E-state index contributed by atoms with van der Waals surface area (Å²) in [5.74, 6) is 1.07. The lowest BCUT2D eigenvalue weighted by Gasteiger charge is -1.76. The Kier molecular flexibility index (Phi) is 5.23. The van der Waals surface area contributed by atoms with E-state index >= 15 is 0 Å². The SMILES string of the molecule is CCCSCl. The van der Waals surface area contributed by atoms with Gasteiger partial charge in [0.15, 0.2) is 0 Å². The van der Waals surface area contributed by atoms with Crippen LogP contribution in [0.15, 0.2) is 0 Å². The van der Waals surface area contributed by atoms with Crippen LogP contribution in [0.4, 0.5) is 0 Å². The van der Waals surface area contributed by atoms with E-state index in [4.69, 9.17) is 10.7 Å². The minimum absolute atomic E-state index is 1.07. The molecule has 0 fully saturated rings. The molecule has 2 heteroatoms. The van der Waals surface area contributed by atoms with Crippen LogP contribution in [0, 0.1) is 0 Å². The quantitative estimate of drug-likeness (QED) is 0.526. The van der Waals surface area contributed by atoms with Gasteiger partial charge in [-0.25, -0.2) is 0 Å². The van der Waals surface area contributed by atoms with Gasteiger partial charge in [-0.15, -0.1) is 0 Å². The maximum absolute atomic E-state index is 5.22. The summed E-state index contributed by atoms with van der Waals surface area (Å²) < 4.78 is 0. The Morgan fingerprint density at radius 1 is 1.80 bits per heavy atom. The zero-order valence-electron chi connectivity index (χ0n) is 3.20. The Bertz CT molecular complexity index is 14.4. The predicted molar refractivity (Wildman–Crippen MR) is 28.6 cm³/mol. The Morgan fingerprint density at radius 2 is 2.40 bits per heavy atom. The van der Waals surface area contributed by atoms with Gasteiger partial charge in [-0.2, -0.15) is 0 Å². The average molecular weight is 111 g/mol. The molecule has 0 amide bonds. The molecule has 0 saturated heterocycles. The van der Waals surface area contributed by atoms with Crippen molar-refractivity contribution in [3.05, 3.63) is 0 Å². The first-order valence-corrected chi connectivity index (χ1v) is 3.46. The fourth-order valence-electron chi connectivity index (χ4n) is 0.0772. The minimum Gasteiger partial charge on any atom is -0.0646 e. The fraction of sp³-hybridized carbons (Fsp3) is 1.00. The summed E-state index contributed by atoms with van der Waals surface area (Å²) in [5.41, 5.74) is 0. The van der Waals surface area contributed by atoms with Crippen molar-refractivity contribution in [1.29, 1.82) is 0 Å². The summed E-state index contributed by atoms with van der Waals surface area (Å²) in [4.78, 5) is 0. The predicted octanol–water partition coefficient (Wildman–Crippen LogP) is 2.28. The van der Waals surface area contributed by atoms with E-state index in [0.29, 0.717) is 0 Å². The van der Waals surface area contributed by atoms with E-state index in [2.05, 4.69) is 6.92 Å². The smallest absolute Gasteiger partial charge is 0.00826 e. The lowest BCUT2D eigenvalue weighted by atomic mass is 10.6. The molecule has 0 unspecified atom stereocenters. The van der Waals surface area contributed by atoms with Gasteiger partial charge in [0, 0.05) is 5.75 Å². The molecule has 5 heavy (non-hydrogen) atoms. The van der Waals surface area contributed by atoms with E-state index < -0.39 is 0 Å². The molecule has 0 heterocycles. The summed E-state index contributed by atoms with van der Waals surface area (Å²) in [6.45, 7) is 2.11. The number of halogens is 1. The van der Waals surface area contributed by atoms with Crippen LogP contribution in [-0.2, 0) is 0 Å². The maximum atomic E-state index is 5.22. The highest BCUT2D eigenvalue weighted by molar-refractivity contribution is 8.21. The molecule has 0 bridgehead atoms. The van der Waals surface area contributed by atoms with E-state index in [0.717, 1.165) is 5.75 Å². The molecule has 0 rings (SSSR count). The second-order valence-corrected chi connectivity index (χ2v) is 2.09. The van der Waals surface area contributed by atoms with Crippen LogP contribution in [0.5, 0.6) is 0 Å². The largest absolute Gasteiger partial charge is 0.0646 e. The van der Waals surface area contributed by atoms with Crippen molar-refractivity contribution in [3.63, 3.8) is 0 Å². The van der Waals surface area contributed by atoms with Crippen molar-refractivity contribution < 1.29 is 0 Å². The lowest BCUT2D eigenvalue weighted by molar-refractivity contribution is 1.11. The highest BCUT2D eigenvalue weighted by Gasteiger charge is 1.70. The molecule has 0 radical (unpaired) electrons. The van der Waals surface area contributed by atoms with E-state index in [9.17, 15) is 0 Å². The van der Waals surface area contributed by atoms with E-state index in [1.807, 2.05) is 0 Å². The molecule has 0 aliphatic carbocycles. The highest BCUT2D eigenvalue weighted by Crippen LogP contribution is 2.05. The summed E-state index contributed by atoms with van der Waals surface area (Å²) in [6, 6.07) is 0. The molecule has 0 aromatic rings. The molecule has 0 aromatic heterocycles. The zero-order chi connectivity index (χ0) is 4.12. The maximum Gasteiger partial charge on any atom is 0.00826 e. The molecule has 0 spiro atoms. The molecule has 0 aliphatic rings. The van der Waals surface area contributed by atoms with Crippen molar-refractivity contribution in [3.8, 4) is 0 Å². The van der Waals surface area contributed by atoms with Crippen LogP contribution in [0.25, 0.3) is 0 Å². The molecule has 0 aromatic carbocycles. The third kappa shape index (κ3) is 4.64. The first-order valence-electron chi connectivity index (χ1n) is 1.65. The summed E-state index contributed by atoms with van der Waals surface area (Å²) in [5, 5.41) is 0. The van der Waals surface area contributed by atoms with Crippen LogP contribution in [0.1, 0.15) is 13.3 Å². The monoisotopic (exact) mass is 110 g/mol. The van der Waals surface area contributed by atoms with Gasteiger partial charge < -0.3 is 0 Å². The van der Waals surface area contributed by atoms with Crippen LogP contribution < -0.4 is 0 Å². The topological polar surface area (TPSA) is 0 Å². The molecule has 0 nitrogen and oxygen atoms in total. The van der Waals surface area contributed by atoms with Crippen molar-refractivity contribution in [2.75, 3.05) is 5.75 Å². The third-order valence-corrected chi connectivity index (χ3v) is 1.31. The Balaban J connectivity index is 2.19. The molecule has 0 saturated carbocycles. The van der Waals surface area contributed by atoms with Gasteiger partial charge in [0.1, 0.15) is 0 Å². The Labute approximate surface area is 41.4 Å². The molecule has 0 N–H and O–H groups in total. The van der Waals surface area contributed by atoms with Crippen molar-refractivity contribution in [2.45, 2.75) is 13.3 Å². The first-order chi connectivity index (χ1) is 2.41. The molecule has 0 aliphatic heterocycles. The van der Waals surface area contributed by atoms with Crippen LogP contribution >= 0.6 is 21.7 Å². The zero-order valence-corrected chi connectivity index (χ0v) is 4.77. The normalized spacial score (nSPS) is 8.40. The van der Waals surface area contributed by atoms with E-state index in [1.165, 1.54) is 17.4 Å². The molecule has 0 atom stereocenters. The lowest BCUT2D eigenvalue weighted by Crippen LogP contribution is -1.60. The summed E-state index contributed by atoms with van der Waals surface area (Å²) in [6.07, 6.45) is 1.17. The third-order valence-electron chi connectivity index (χ3n) is 0.281. The van der Waals surface area contributed by atoms with E-state index in [-0.39, 0.29) is 0 Å². The second-order valence-electron chi connectivity index (χ2n) is 0.813. The van der Waals surface area contributed by atoms with Gasteiger partial charge in [-0.05, 0) is 17.1 Å². The molecule has 32 valence electrons. The minimum atomic E-state index is 1.07. The van der Waals surface area contributed by atoms with Gasteiger partial charge in [-0.1, -0.05) is 17.9 Å². The Morgan fingerprint density at radius 3 is 2.40 bits per heavy atom. The van der Waals surface area contributed by atoms with Crippen LogP contribution in [-0.4, -0.2) is 5.75 Å². The molecular formula is C3H7ClS. The standard InChI is InChI=1S/C3H7ClS/c1-2-3-5-4/h2-3H2,1H3. The number of rotatable bonds is 2. The van der Waals surface area contributed by atoms with Crippen LogP contribution in [0.3, 0.4) is 0 Å². The first kappa shape index (κ1) is 5.64. The number of hydrogen-bond acceptors (Lipinski definition) is 1. The molecular weight excluding hydrogens is 104 g/mol. The summed E-state index contributed by atoms with van der Waals surface area (Å²) >= 11 is 0. The van der Waals surface area contributed by atoms with Crippen LogP contribution in [0.2, 0.25) is 0 Å². The van der Waals surface area contributed by atoms with Crippen molar-refractivity contribution in [2.24, 2.45) is 0 Å². The average Bonchev–Trinajstić information content (AvgIpc) is 1.41. The van der Waals surface area contributed by atoms with Gasteiger partial charge in [-0.3, -0.25) is 0 Å². The Hall–Kier alpha value is 0.640. The highest BCUT2D eigenvalue weighted by atomic mass is 35.7. The van der Waals surface area contributed by atoms with Crippen molar-refractivity contribution >= 4 is 21.7 Å². The fourth-order valence-corrected chi connectivity index (χ4v) is 0.694. The van der Waals surface area contributed by atoms with Crippen molar-refractivity contribution in [1.82, 2.24) is 0 Å².